The first kappa shape index (κ1) is 72.1. The van der Waals surface area contributed by atoms with Crippen LogP contribution in [-0.2, 0) is 29.7 Å². The highest BCUT2D eigenvalue weighted by Gasteiger charge is 2.24. The molecule has 0 saturated carbocycles. The first-order valence-electron chi connectivity index (χ1n) is 35.9. The molecule has 0 bridgehead atoms. The number of para-hydroxylation sites is 1. The minimum atomic E-state index is -3.58. The van der Waals surface area contributed by atoms with Crippen molar-refractivity contribution < 1.29 is 32.4 Å². The van der Waals surface area contributed by atoms with Gasteiger partial charge in [-0.05, 0) is 217 Å². The fourth-order valence-electron chi connectivity index (χ4n) is 13.5. The van der Waals surface area contributed by atoms with Crippen molar-refractivity contribution in [2.45, 2.75) is 52.2 Å². The molecule has 108 heavy (non-hydrogen) atoms. The minimum Gasteiger partial charge on any atom is -0.352 e. The number of rotatable bonds is 24. The summed E-state index contributed by atoms with van der Waals surface area (Å²) in [5, 5.41) is 24.6. The number of hydrogen-bond donors (Lipinski definition) is 9. The number of nitrogens with zero attached hydrogens (tertiary/aromatic N) is 8. The van der Waals surface area contributed by atoms with Crippen molar-refractivity contribution in [2.24, 2.45) is 0 Å². The van der Waals surface area contributed by atoms with Crippen molar-refractivity contribution in [1.29, 1.82) is 0 Å². The third kappa shape index (κ3) is 15.9. The Morgan fingerprint density at radius 2 is 0.796 bits per heavy atom. The Morgan fingerprint density at radius 3 is 1.19 bits per heavy atom. The van der Waals surface area contributed by atoms with Crippen molar-refractivity contribution in [3.63, 3.8) is 0 Å². The summed E-state index contributed by atoms with van der Waals surface area (Å²) in [4.78, 5) is 79.0. The molecular weight excluding hydrogens is 1380 g/mol. The number of fused-ring (bicyclic) bond motifs is 6. The fourth-order valence-corrected chi connectivity index (χ4v) is 14.5. The van der Waals surface area contributed by atoms with Crippen LogP contribution in [0.15, 0.2) is 236 Å². The van der Waals surface area contributed by atoms with Gasteiger partial charge in [0.05, 0.1) is 39.0 Å². The molecule has 3 aliphatic heterocycles. The second-order valence-corrected chi connectivity index (χ2v) is 27.8. The molecule has 546 valence electrons. The minimum absolute atomic E-state index is 0.0213. The van der Waals surface area contributed by atoms with Gasteiger partial charge < -0.3 is 52.3 Å². The van der Waals surface area contributed by atoms with E-state index >= 15 is 0 Å². The molecule has 0 unspecified atom stereocenters. The zero-order valence-corrected chi connectivity index (χ0v) is 60.9. The number of benzene rings is 7. The number of hydrogen-bond acceptors (Lipinski definition) is 15. The van der Waals surface area contributed by atoms with Crippen LogP contribution in [0.3, 0.4) is 0 Å². The standard InChI is InChI=1S/C28H30N6O2.C28H21N5O2.C27H30N6O3S/c1-3-33(4-2)15-13-30-27(35)19-5-8-22(9-6-19)32-24-11-12-25(34-16-14-29-26(24)34)20-7-10-23-21(17-20)18-31-28(23)36;34-27(32-21-4-2-1-3-5-21)18-6-9-22(10-7-18)31-24-12-13-25(33-15-14-29-26(24)33)19-8-11-23-20(16-19)17-30-28(23)35;1-3-32(4-2)15-14-30-37(35,36)22-8-6-21(7-9-22)31-24-11-12-25(33-16-13-28-26(24)33)19-5-10-23-20(17-19)18-29-27(23)34/h5-12,14,16-17,32H,3-4,13,15,18H2,1-2H3,(H,30,35)(H,31,36);1-16,31H,17H2,(H,30,35)(H,32,34);5-13,16-17,30-31H,3-4,14-15,18H2,1-2H3,(H,29,34). The molecule has 0 fully saturated rings. The molecule has 0 radical (unpaired) electrons. The normalized spacial score (nSPS) is 12.7. The average Bonchev–Trinajstić information content (AvgIpc) is 1.56. The highest BCUT2D eigenvalue weighted by molar-refractivity contribution is 7.89. The maximum Gasteiger partial charge on any atom is 0.255 e. The van der Waals surface area contributed by atoms with Gasteiger partial charge in [-0.2, -0.15) is 0 Å². The number of nitrogens with one attached hydrogen (secondary N) is 9. The summed E-state index contributed by atoms with van der Waals surface area (Å²) in [6.07, 6.45) is 11.0. The van der Waals surface area contributed by atoms with Crippen LogP contribution in [-0.4, -0.2) is 128 Å². The van der Waals surface area contributed by atoms with E-state index in [1.165, 1.54) is 0 Å². The molecule has 7 aromatic carbocycles. The summed E-state index contributed by atoms with van der Waals surface area (Å²) in [5.41, 5.74) is 20.4. The van der Waals surface area contributed by atoms with Crippen LogP contribution in [0.2, 0.25) is 0 Å². The Labute approximate surface area is 624 Å². The number of carbonyl (C=O) groups excluding carboxylic acids is 5. The zero-order chi connectivity index (χ0) is 74.8. The van der Waals surface area contributed by atoms with Gasteiger partial charge in [0, 0.05) is 134 Å². The molecule has 6 aromatic heterocycles. The van der Waals surface area contributed by atoms with E-state index in [2.05, 4.69) is 106 Å². The Morgan fingerprint density at radius 1 is 0.426 bits per heavy atom. The Bertz CT molecular complexity index is 5620. The topological polar surface area (TPSA) is 286 Å². The van der Waals surface area contributed by atoms with Gasteiger partial charge in [-0.3, -0.25) is 37.2 Å². The van der Waals surface area contributed by atoms with E-state index in [1.807, 2.05) is 183 Å². The number of imidazole rings is 3. The van der Waals surface area contributed by atoms with Crippen molar-refractivity contribution >= 4 is 96.3 Å². The molecule has 13 aromatic rings. The number of carbonyl (C=O) groups is 5. The summed E-state index contributed by atoms with van der Waals surface area (Å²) in [6, 6.07) is 60.5. The van der Waals surface area contributed by atoms with E-state index < -0.39 is 10.0 Å². The van der Waals surface area contributed by atoms with E-state index in [0.29, 0.717) is 56.0 Å². The lowest BCUT2D eigenvalue weighted by atomic mass is 10.0. The molecule has 0 spiro atoms. The van der Waals surface area contributed by atoms with Gasteiger partial charge in [-0.1, -0.05) is 64.1 Å². The summed E-state index contributed by atoms with van der Waals surface area (Å²) < 4.78 is 34.1. The van der Waals surface area contributed by atoms with Gasteiger partial charge in [0.1, 0.15) is 0 Å². The smallest absolute Gasteiger partial charge is 0.255 e. The molecule has 3 aliphatic rings. The van der Waals surface area contributed by atoms with Crippen LogP contribution in [0.5, 0.6) is 0 Å². The van der Waals surface area contributed by atoms with Crippen molar-refractivity contribution in [3.05, 3.63) is 276 Å². The first-order valence-corrected chi connectivity index (χ1v) is 37.4. The number of aromatic nitrogens is 6. The van der Waals surface area contributed by atoms with E-state index in [-0.39, 0.29) is 34.4 Å². The Kier molecular flexibility index (Phi) is 21.6. The van der Waals surface area contributed by atoms with E-state index in [0.717, 1.165) is 151 Å². The predicted molar refractivity (Wildman–Crippen MR) is 422 cm³/mol. The van der Waals surface area contributed by atoms with E-state index in [4.69, 9.17) is 0 Å². The summed E-state index contributed by atoms with van der Waals surface area (Å²) in [5.74, 6) is -0.313. The summed E-state index contributed by atoms with van der Waals surface area (Å²) in [7, 11) is -3.58. The van der Waals surface area contributed by atoms with Gasteiger partial charge in [-0.15, -0.1) is 0 Å². The molecule has 25 heteroatoms. The van der Waals surface area contributed by atoms with E-state index in [1.54, 1.807) is 55.0 Å². The van der Waals surface area contributed by atoms with Crippen LogP contribution in [0, 0.1) is 0 Å². The number of anilines is 7. The quantitative estimate of drug-likeness (QED) is 0.0272. The number of pyridine rings is 3. The average molecular weight is 1460 g/mol. The van der Waals surface area contributed by atoms with Gasteiger partial charge in [0.15, 0.2) is 16.9 Å². The fraction of sp³-hybridized carbons (Fsp3) is 0.181. The second-order valence-electron chi connectivity index (χ2n) is 26.0. The number of amides is 5. The number of likely N-dealkylation sites (N-methyl/N-ethyl adjacent to an activating group) is 2. The monoisotopic (exact) mass is 1460 g/mol. The lowest BCUT2D eigenvalue weighted by Crippen LogP contribution is -2.34. The van der Waals surface area contributed by atoms with Crippen molar-refractivity contribution in [1.82, 2.24) is 63.9 Å². The predicted octanol–water partition coefficient (Wildman–Crippen LogP) is 12.9. The van der Waals surface area contributed by atoms with Crippen LogP contribution in [0.4, 0.5) is 39.8 Å². The van der Waals surface area contributed by atoms with Crippen LogP contribution in [0.1, 0.15) is 96.2 Å². The lowest BCUT2D eigenvalue weighted by Gasteiger charge is -2.18. The SMILES string of the molecule is CCN(CC)CCNC(=O)c1ccc(Nc2ccc(-c3ccc4c(c3)CNC4=O)n3ccnc23)cc1.CCN(CC)CCNS(=O)(=O)c1ccc(Nc2ccc(-c3ccc4c(c3)CNC4=O)n3ccnc23)cc1.O=C(Nc1ccccc1)c1ccc(Nc2ccc(-c3ccc4c(c3)CNC4=O)n3ccnc23)cc1. The molecule has 16 rings (SSSR count). The third-order valence-electron chi connectivity index (χ3n) is 19.5. The van der Waals surface area contributed by atoms with Gasteiger partial charge >= 0.3 is 0 Å². The lowest BCUT2D eigenvalue weighted by molar-refractivity contribution is 0.0943. The molecule has 5 amide bonds. The van der Waals surface area contributed by atoms with Crippen molar-refractivity contribution in [3.8, 4) is 33.8 Å². The molecular formula is C83H81N17O7S. The molecule has 9 heterocycles. The molecule has 24 nitrogen and oxygen atoms in total. The van der Waals surface area contributed by atoms with Crippen LogP contribution < -0.4 is 47.3 Å². The Balaban J connectivity index is 0.000000136. The molecule has 0 aliphatic carbocycles. The Hall–Kier alpha value is -12.8. The van der Waals surface area contributed by atoms with Gasteiger partial charge in [0.25, 0.3) is 29.5 Å². The summed E-state index contributed by atoms with van der Waals surface area (Å²) in [6.45, 7) is 16.2. The highest BCUT2D eigenvalue weighted by atomic mass is 32.2. The van der Waals surface area contributed by atoms with E-state index in [9.17, 15) is 32.4 Å². The van der Waals surface area contributed by atoms with Crippen LogP contribution in [0.25, 0.3) is 50.7 Å². The second kappa shape index (κ2) is 32.3. The van der Waals surface area contributed by atoms with Gasteiger partial charge in [0.2, 0.25) is 10.0 Å². The maximum absolute atomic E-state index is 12.7. The largest absolute Gasteiger partial charge is 0.352 e. The third-order valence-corrected chi connectivity index (χ3v) is 20.9. The molecule has 0 atom stereocenters. The van der Waals surface area contributed by atoms with Gasteiger partial charge in [-0.25, -0.2) is 28.1 Å². The zero-order valence-electron chi connectivity index (χ0n) is 60.1. The molecule has 9 N–H and O–H groups in total. The maximum atomic E-state index is 12.7. The van der Waals surface area contributed by atoms with Crippen LogP contribution >= 0.6 is 0 Å². The summed E-state index contributed by atoms with van der Waals surface area (Å²) >= 11 is 0. The molecule has 0 saturated heterocycles. The highest BCUT2D eigenvalue weighted by Crippen LogP contribution is 2.34. The van der Waals surface area contributed by atoms with Crippen molar-refractivity contribution in [2.75, 3.05) is 73.6 Å². The first-order chi connectivity index (χ1) is 52.6. The number of sulfonamides is 1.